The summed E-state index contributed by atoms with van der Waals surface area (Å²) in [6.45, 7) is 1.52. The second-order valence-electron chi connectivity index (χ2n) is 4.48. The van der Waals surface area contributed by atoms with E-state index in [1.165, 1.54) is 13.1 Å². The Hall–Kier alpha value is -0.860. The molecule has 0 aliphatic carbocycles. The molecule has 0 aromatic heterocycles. The lowest BCUT2D eigenvalue weighted by Crippen LogP contribution is -2.40. The molecule has 1 aromatic carbocycles. The van der Waals surface area contributed by atoms with Crippen molar-refractivity contribution >= 4 is 39.4 Å². The molecule has 0 bridgehead atoms. The summed E-state index contributed by atoms with van der Waals surface area (Å²) in [5.41, 5.74) is 0.580. The van der Waals surface area contributed by atoms with E-state index in [4.69, 9.17) is 28.3 Å². The Morgan fingerprint density at radius 2 is 2.05 bits per heavy atom. The van der Waals surface area contributed by atoms with Gasteiger partial charge in [0, 0.05) is 29.7 Å². The smallest absolute Gasteiger partial charge is 0.304 e. The number of nitrogens with one attached hydrogen (secondary N) is 1. The average Bonchev–Trinajstić information content (AvgIpc) is 2.34. The fourth-order valence-corrected chi connectivity index (χ4v) is 3.26. The number of nitrogens with zero attached hydrogens (tertiary/aromatic N) is 1. The summed E-state index contributed by atoms with van der Waals surface area (Å²) < 4.78 is 27.5. The van der Waals surface area contributed by atoms with Crippen LogP contribution in [0.25, 0.3) is 0 Å². The third-order valence-corrected chi connectivity index (χ3v) is 5.02. The molecule has 0 radical (unpaired) electrons. The van der Waals surface area contributed by atoms with Crippen LogP contribution in [0.5, 0.6) is 0 Å². The molecule has 0 heterocycles. The molecule has 2 N–H and O–H groups in total. The zero-order valence-corrected chi connectivity index (χ0v) is 13.8. The lowest BCUT2D eigenvalue weighted by atomic mass is 10.1. The van der Waals surface area contributed by atoms with Crippen LogP contribution >= 0.6 is 23.2 Å². The molecule has 0 saturated carbocycles. The fourth-order valence-electron chi connectivity index (χ4n) is 1.60. The summed E-state index contributed by atoms with van der Waals surface area (Å²) in [5.74, 6) is -1.06. The number of halogens is 2. The first-order valence-electron chi connectivity index (χ1n) is 6.04. The highest BCUT2D eigenvalue weighted by Gasteiger charge is 2.22. The summed E-state index contributed by atoms with van der Waals surface area (Å²) in [7, 11) is -2.49. The van der Waals surface area contributed by atoms with Crippen LogP contribution in [-0.2, 0) is 15.0 Å². The van der Waals surface area contributed by atoms with Crippen LogP contribution in [0.15, 0.2) is 18.2 Å². The lowest BCUT2D eigenvalue weighted by Gasteiger charge is -2.21. The monoisotopic (exact) mass is 354 g/mol. The van der Waals surface area contributed by atoms with Crippen LogP contribution in [0.4, 0.5) is 0 Å². The maximum Gasteiger partial charge on any atom is 0.304 e. The van der Waals surface area contributed by atoms with Gasteiger partial charge in [0.15, 0.2) is 0 Å². The van der Waals surface area contributed by atoms with Gasteiger partial charge in [-0.1, -0.05) is 29.3 Å². The Bertz CT molecular complexity index is 622. The minimum absolute atomic E-state index is 0.119. The van der Waals surface area contributed by atoms with Crippen molar-refractivity contribution in [2.45, 2.75) is 19.4 Å². The van der Waals surface area contributed by atoms with Gasteiger partial charge >= 0.3 is 5.97 Å². The highest BCUT2D eigenvalue weighted by molar-refractivity contribution is 7.87. The number of carbonyl (C=O) groups is 1. The first kappa shape index (κ1) is 18.2. The molecule has 0 aliphatic heterocycles. The maximum absolute atomic E-state index is 12.1. The van der Waals surface area contributed by atoms with Crippen molar-refractivity contribution in [2.75, 3.05) is 13.6 Å². The van der Waals surface area contributed by atoms with Gasteiger partial charge in [-0.15, -0.1) is 0 Å². The molecule has 1 unspecified atom stereocenters. The first-order chi connectivity index (χ1) is 9.63. The van der Waals surface area contributed by atoms with Crippen molar-refractivity contribution in [3.63, 3.8) is 0 Å². The molecular formula is C12H16Cl2N2O4S. The third-order valence-electron chi connectivity index (χ3n) is 2.81. The van der Waals surface area contributed by atoms with Crippen molar-refractivity contribution in [1.82, 2.24) is 9.03 Å². The number of rotatable bonds is 7. The molecular weight excluding hydrogens is 339 g/mol. The normalized spacial score (nSPS) is 13.4. The molecule has 0 aliphatic rings. The van der Waals surface area contributed by atoms with Gasteiger partial charge in [-0.25, -0.2) is 0 Å². The lowest BCUT2D eigenvalue weighted by molar-refractivity contribution is -0.137. The molecule has 0 saturated heterocycles. The minimum atomic E-state index is -3.80. The third kappa shape index (κ3) is 5.44. The average molecular weight is 355 g/mol. The van der Waals surface area contributed by atoms with Crippen molar-refractivity contribution in [3.05, 3.63) is 33.8 Å². The van der Waals surface area contributed by atoms with Gasteiger partial charge in [-0.05, 0) is 24.6 Å². The number of benzene rings is 1. The van der Waals surface area contributed by atoms with E-state index in [9.17, 15) is 13.2 Å². The van der Waals surface area contributed by atoms with E-state index < -0.39 is 22.2 Å². The predicted octanol–water partition coefficient (Wildman–Crippen LogP) is 2.30. The molecule has 0 spiro atoms. The van der Waals surface area contributed by atoms with Crippen molar-refractivity contribution in [3.8, 4) is 0 Å². The number of carboxylic acid groups (broad SMARTS) is 1. The molecule has 21 heavy (non-hydrogen) atoms. The van der Waals surface area contributed by atoms with E-state index in [2.05, 4.69) is 4.72 Å². The zero-order chi connectivity index (χ0) is 16.2. The highest BCUT2D eigenvalue weighted by atomic mass is 35.5. The second kappa shape index (κ2) is 7.42. The molecule has 0 amide bonds. The largest absolute Gasteiger partial charge is 0.481 e. The standard InChI is InChI=1S/C12H16Cl2N2O4S/c1-8(10-4-3-9(13)7-11(10)14)15-21(19,20)16(2)6-5-12(17)18/h3-4,7-8,15H,5-6H2,1-2H3,(H,17,18). The van der Waals surface area contributed by atoms with E-state index in [1.54, 1.807) is 19.1 Å². The number of aliphatic carboxylic acids is 1. The Kier molecular flexibility index (Phi) is 6.42. The van der Waals surface area contributed by atoms with E-state index in [0.717, 1.165) is 4.31 Å². The molecule has 0 fully saturated rings. The Morgan fingerprint density at radius 1 is 1.43 bits per heavy atom. The number of hydrogen-bond donors (Lipinski definition) is 2. The van der Waals surface area contributed by atoms with Gasteiger partial charge in [0.2, 0.25) is 0 Å². The molecule has 9 heteroatoms. The molecule has 1 aromatic rings. The van der Waals surface area contributed by atoms with E-state index in [0.29, 0.717) is 15.6 Å². The summed E-state index contributed by atoms with van der Waals surface area (Å²) >= 11 is 11.8. The van der Waals surface area contributed by atoms with Crippen LogP contribution < -0.4 is 4.72 Å². The van der Waals surface area contributed by atoms with Crippen LogP contribution in [0, 0.1) is 0 Å². The highest BCUT2D eigenvalue weighted by Crippen LogP contribution is 2.26. The summed E-state index contributed by atoms with van der Waals surface area (Å²) in [6.07, 6.45) is -0.270. The first-order valence-corrected chi connectivity index (χ1v) is 8.23. The van der Waals surface area contributed by atoms with Crippen LogP contribution in [0.3, 0.4) is 0 Å². The Balaban J connectivity index is 2.80. The van der Waals surface area contributed by atoms with Crippen LogP contribution in [-0.4, -0.2) is 37.4 Å². The zero-order valence-electron chi connectivity index (χ0n) is 11.5. The second-order valence-corrected chi connectivity index (χ2v) is 7.13. The molecule has 1 atom stereocenters. The van der Waals surface area contributed by atoms with Gasteiger partial charge in [0.1, 0.15) is 0 Å². The number of hydrogen-bond acceptors (Lipinski definition) is 3. The van der Waals surface area contributed by atoms with Gasteiger partial charge in [-0.2, -0.15) is 17.4 Å². The summed E-state index contributed by atoms with van der Waals surface area (Å²) in [4.78, 5) is 10.5. The minimum Gasteiger partial charge on any atom is -0.481 e. The topological polar surface area (TPSA) is 86.7 Å². The predicted molar refractivity (Wildman–Crippen MR) is 81.8 cm³/mol. The summed E-state index contributed by atoms with van der Waals surface area (Å²) in [6, 6.07) is 4.20. The Labute approximate surface area is 133 Å². The molecule has 6 nitrogen and oxygen atoms in total. The SMILES string of the molecule is CC(NS(=O)(=O)N(C)CCC(=O)O)c1ccc(Cl)cc1Cl. The number of carboxylic acids is 1. The van der Waals surface area contributed by atoms with Crippen LogP contribution in [0.1, 0.15) is 24.9 Å². The Morgan fingerprint density at radius 3 is 2.57 bits per heavy atom. The van der Waals surface area contributed by atoms with Gasteiger partial charge in [0.05, 0.1) is 6.42 Å². The van der Waals surface area contributed by atoms with Crippen LogP contribution in [0.2, 0.25) is 10.0 Å². The summed E-state index contributed by atoms with van der Waals surface area (Å²) in [5, 5.41) is 9.39. The van der Waals surface area contributed by atoms with Crippen molar-refractivity contribution < 1.29 is 18.3 Å². The van der Waals surface area contributed by atoms with E-state index >= 15 is 0 Å². The molecule has 118 valence electrons. The van der Waals surface area contributed by atoms with E-state index in [-0.39, 0.29) is 13.0 Å². The quantitative estimate of drug-likeness (QED) is 0.786. The van der Waals surface area contributed by atoms with E-state index in [1.807, 2.05) is 0 Å². The fraction of sp³-hybridized carbons (Fsp3) is 0.417. The molecule has 1 rings (SSSR count). The maximum atomic E-state index is 12.1. The van der Waals surface area contributed by atoms with Gasteiger partial charge in [0.25, 0.3) is 10.2 Å². The van der Waals surface area contributed by atoms with Gasteiger partial charge in [-0.3, -0.25) is 4.79 Å². The van der Waals surface area contributed by atoms with Gasteiger partial charge < -0.3 is 5.11 Å². The van der Waals surface area contributed by atoms with Crippen molar-refractivity contribution in [1.29, 1.82) is 0 Å². The van der Waals surface area contributed by atoms with Crippen molar-refractivity contribution in [2.24, 2.45) is 0 Å².